The normalized spacial score (nSPS) is 39.0. The molecule has 1 aliphatic heterocycles. The van der Waals surface area contributed by atoms with Crippen LogP contribution in [0.15, 0.2) is 0 Å². The maximum absolute atomic E-state index is 5.40. The van der Waals surface area contributed by atoms with Crippen LogP contribution in [0.1, 0.15) is 13.3 Å². The van der Waals surface area contributed by atoms with Crippen LogP contribution in [-0.2, 0) is 9.47 Å². The second-order valence-corrected chi connectivity index (χ2v) is 4.68. The van der Waals surface area contributed by atoms with Crippen LogP contribution in [0, 0.1) is 0 Å². The second kappa shape index (κ2) is 4.80. The molecule has 0 aliphatic carbocycles. The third kappa shape index (κ3) is 2.68. The fraction of sp³-hybridized carbons (Fsp3) is 1.00. The molecule has 0 radical (unpaired) electrons. The van der Waals surface area contributed by atoms with E-state index >= 15 is 0 Å². The number of ether oxygens (including phenoxy) is 2. The Bertz CT molecular complexity index is 119. The molecule has 1 aliphatic rings. The molecule has 1 fully saturated rings. The van der Waals surface area contributed by atoms with Gasteiger partial charge in [-0.05, 0) is 13.3 Å². The van der Waals surface area contributed by atoms with Gasteiger partial charge in [-0.15, -0.1) is 0 Å². The zero-order chi connectivity index (χ0) is 8.27. The summed E-state index contributed by atoms with van der Waals surface area (Å²) in [4.78, 5) is 0.740. The van der Waals surface area contributed by atoms with Crippen molar-refractivity contribution in [2.75, 3.05) is 13.2 Å². The molecule has 0 bridgehead atoms. The summed E-state index contributed by atoms with van der Waals surface area (Å²) >= 11 is 7.08. The van der Waals surface area contributed by atoms with Crippen LogP contribution >= 0.6 is 31.9 Å². The average Bonchev–Trinajstić information content (AvgIpc) is 1.99. The van der Waals surface area contributed by atoms with Crippen LogP contribution in [0.2, 0.25) is 0 Å². The molecule has 0 N–H and O–H groups in total. The van der Waals surface area contributed by atoms with Crippen molar-refractivity contribution < 1.29 is 9.47 Å². The fourth-order valence-corrected chi connectivity index (χ4v) is 2.03. The van der Waals surface area contributed by atoms with E-state index in [1.165, 1.54) is 0 Å². The van der Waals surface area contributed by atoms with Gasteiger partial charge in [-0.2, -0.15) is 0 Å². The molecule has 0 aromatic carbocycles. The summed E-state index contributed by atoms with van der Waals surface area (Å²) in [6.45, 7) is 3.45. The van der Waals surface area contributed by atoms with Crippen molar-refractivity contribution in [1.82, 2.24) is 0 Å². The lowest BCUT2D eigenvalue weighted by Crippen LogP contribution is -2.39. The number of hydrogen-bond donors (Lipinski definition) is 0. The molecule has 1 rings (SSSR count). The molecule has 1 heterocycles. The molecule has 66 valence electrons. The lowest BCUT2D eigenvalue weighted by molar-refractivity contribution is -0.151. The minimum absolute atomic E-state index is 0.0851. The summed E-state index contributed by atoms with van der Waals surface area (Å²) in [6.07, 6.45) is 0.956. The van der Waals surface area contributed by atoms with Crippen LogP contribution < -0.4 is 0 Å². The molecule has 4 heteroatoms. The van der Waals surface area contributed by atoms with Crippen molar-refractivity contribution in [3.05, 3.63) is 0 Å². The maximum atomic E-state index is 5.40. The van der Waals surface area contributed by atoms with Gasteiger partial charge in [-0.25, -0.2) is 0 Å². The lowest BCUT2D eigenvalue weighted by atomic mass is 10.2. The maximum Gasteiger partial charge on any atom is 0.171 e. The molecule has 0 amide bonds. The molecular formula is C7H12Br2O2. The summed E-state index contributed by atoms with van der Waals surface area (Å²) in [5, 5.41) is 0. The van der Waals surface area contributed by atoms with Crippen LogP contribution in [0.4, 0.5) is 0 Å². The summed E-state index contributed by atoms with van der Waals surface area (Å²) in [5.74, 6) is 0. The fourth-order valence-electron chi connectivity index (χ4n) is 1.02. The van der Waals surface area contributed by atoms with E-state index in [4.69, 9.17) is 9.47 Å². The van der Waals surface area contributed by atoms with E-state index in [9.17, 15) is 0 Å². The van der Waals surface area contributed by atoms with E-state index in [-0.39, 0.29) is 11.1 Å². The number of rotatable bonds is 2. The number of alkyl halides is 2. The van der Waals surface area contributed by atoms with Crippen molar-refractivity contribution in [3.8, 4) is 0 Å². The van der Waals surface area contributed by atoms with Crippen LogP contribution in [0.5, 0.6) is 0 Å². The Morgan fingerprint density at radius 1 is 1.55 bits per heavy atom. The Kier molecular flexibility index (Phi) is 4.34. The standard InChI is InChI=1S/C7H12Br2O2/c1-2-10-7-6(9)5(8)3-4-11-7/h5-7H,2-4H2,1H3. The Balaban J connectivity index is 2.38. The average molecular weight is 288 g/mol. The molecule has 11 heavy (non-hydrogen) atoms. The second-order valence-electron chi connectivity index (χ2n) is 2.44. The van der Waals surface area contributed by atoms with E-state index in [1.54, 1.807) is 0 Å². The quantitative estimate of drug-likeness (QED) is 0.726. The third-order valence-corrected chi connectivity index (χ3v) is 4.42. The Morgan fingerprint density at radius 2 is 2.27 bits per heavy atom. The summed E-state index contributed by atoms with van der Waals surface area (Å²) in [7, 11) is 0. The number of halogens is 2. The highest BCUT2D eigenvalue weighted by Gasteiger charge is 2.30. The van der Waals surface area contributed by atoms with Gasteiger partial charge in [0.1, 0.15) is 0 Å². The predicted molar refractivity (Wildman–Crippen MR) is 51.4 cm³/mol. The van der Waals surface area contributed by atoms with Crippen molar-refractivity contribution in [3.63, 3.8) is 0 Å². The van der Waals surface area contributed by atoms with E-state index < -0.39 is 0 Å². The van der Waals surface area contributed by atoms with Gasteiger partial charge in [0.05, 0.1) is 11.4 Å². The minimum atomic E-state index is -0.0851. The molecule has 3 unspecified atom stereocenters. The van der Waals surface area contributed by atoms with Gasteiger partial charge < -0.3 is 9.47 Å². The molecular weight excluding hydrogens is 276 g/mol. The highest BCUT2D eigenvalue weighted by atomic mass is 79.9. The summed E-state index contributed by atoms with van der Waals surface area (Å²) in [6, 6.07) is 0. The van der Waals surface area contributed by atoms with Crippen LogP contribution in [0.3, 0.4) is 0 Å². The van der Waals surface area contributed by atoms with Crippen molar-refractivity contribution in [2.24, 2.45) is 0 Å². The van der Waals surface area contributed by atoms with Crippen molar-refractivity contribution in [2.45, 2.75) is 29.3 Å². The SMILES string of the molecule is CCOC1OCCC(Br)C1Br. The molecule has 0 spiro atoms. The highest BCUT2D eigenvalue weighted by Crippen LogP contribution is 2.27. The van der Waals surface area contributed by atoms with Gasteiger partial charge in [0.15, 0.2) is 6.29 Å². The van der Waals surface area contributed by atoms with Gasteiger partial charge in [-0.1, -0.05) is 31.9 Å². The first kappa shape index (κ1) is 9.96. The van der Waals surface area contributed by atoms with Gasteiger partial charge in [-0.3, -0.25) is 0 Å². The zero-order valence-electron chi connectivity index (χ0n) is 6.43. The summed E-state index contributed by atoms with van der Waals surface area (Å²) in [5.41, 5.74) is 0. The van der Waals surface area contributed by atoms with Gasteiger partial charge in [0, 0.05) is 11.4 Å². The van der Waals surface area contributed by atoms with E-state index in [0.29, 0.717) is 11.4 Å². The van der Waals surface area contributed by atoms with Gasteiger partial charge in [0.2, 0.25) is 0 Å². The Hall–Kier alpha value is 0.880. The molecule has 2 nitrogen and oxygen atoms in total. The van der Waals surface area contributed by atoms with E-state index in [2.05, 4.69) is 31.9 Å². The molecule has 0 saturated carbocycles. The zero-order valence-corrected chi connectivity index (χ0v) is 9.60. The molecule has 0 aromatic heterocycles. The van der Waals surface area contributed by atoms with Crippen molar-refractivity contribution in [1.29, 1.82) is 0 Å². The molecule has 0 aromatic rings. The topological polar surface area (TPSA) is 18.5 Å². The van der Waals surface area contributed by atoms with Crippen molar-refractivity contribution >= 4 is 31.9 Å². The third-order valence-electron chi connectivity index (χ3n) is 1.61. The van der Waals surface area contributed by atoms with Crippen LogP contribution in [0.25, 0.3) is 0 Å². The molecule has 1 saturated heterocycles. The van der Waals surface area contributed by atoms with Gasteiger partial charge >= 0.3 is 0 Å². The highest BCUT2D eigenvalue weighted by molar-refractivity contribution is 9.12. The van der Waals surface area contributed by atoms with E-state index in [0.717, 1.165) is 13.0 Å². The number of hydrogen-bond acceptors (Lipinski definition) is 2. The smallest absolute Gasteiger partial charge is 0.171 e. The van der Waals surface area contributed by atoms with Crippen LogP contribution in [-0.4, -0.2) is 29.2 Å². The first-order chi connectivity index (χ1) is 5.25. The first-order valence-electron chi connectivity index (χ1n) is 3.77. The minimum Gasteiger partial charge on any atom is -0.352 e. The van der Waals surface area contributed by atoms with E-state index in [1.807, 2.05) is 6.92 Å². The lowest BCUT2D eigenvalue weighted by Gasteiger charge is -2.31. The Labute approximate surface area is 83.9 Å². The summed E-state index contributed by atoms with van der Waals surface area (Å²) < 4.78 is 10.8. The van der Waals surface area contributed by atoms with Gasteiger partial charge in [0.25, 0.3) is 0 Å². The first-order valence-corrected chi connectivity index (χ1v) is 5.60. The molecule has 3 atom stereocenters. The Morgan fingerprint density at radius 3 is 2.91 bits per heavy atom. The monoisotopic (exact) mass is 286 g/mol. The largest absolute Gasteiger partial charge is 0.352 e. The predicted octanol–water partition coefficient (Wildman–Crippen LogP) is 2.30.